The summed E-state index contributed by atoms with van der Waals surface area (Å²) in [5.41, 5.74) is 1.95. The minimum atomic E-state index is -0.440. The molecular formula is C21H23N7O2. The maximum Gasteiger partial charge on any atom is 0.253 e. The number of hydrogen-bond donors (Lipinski definition) is 1. The van der Waals surface area contributed by atoms with Crippen molar-refractivity contribution in [3.05, 3.63) is 54.4 Å². The van der Waals surface area contributed by atoms with Crippen LogP contribution in [0.3, 0.4) is 0 Å². The van der Waals surface area contributed by atoms with Crippen LogP contribution in [0.15, 0.2) is 47.5 Å². The zero-order valence-electron chi connectivity index (χ0n) is 17.3. The van der Waals surface area contributed by atoms with Gasteiger partial charge in [0.15, 0.2) is 5.65 Å². The molecule has 0 radical (unpaired) electrons. The molecule has 0 saturated heterocycles. The van der Waals surface area contributed by atoms with Gasteiger partial charge >= 0.3 is 0 Å². The van der Waals surface area contributed by atoms with Gasteiger partial charge in [-0.1, -0.05) is 19.0 Å². The molecule has 0 aliphatic heterocycles. The number of hydrogen-bond acceptors (Lipinski definition) is 7. The van der Waals surface area contributed by atoms with E-state index in [0.29, 0.717) is 17.3 Å². The number of aromatic nitrogens is 6. The number of amides is 1. The van der Waals surface area contributed by atoms with E-state index >= 15 is 0 Å². The van der Waals surface area contributed by atoms with Crippen molar-refractivity contribution in [2.75, 3.05) is 0 Å². The van der Waals surface area contributed by atoms with Crippen LogP contribution in [0, 0.1) is 5.92 Å². The first-order valence-corrected chi connectivity index (χ1v) is 9.82. The molecule has 0 aromatic carbocycles. The fraction of sp³-hybridized carbons (Fsp3) is 0.333. The van der Waals surface area contributed by atoms with Crippen molar-refractivity contribution in [3.63, 3.8) is 0 Å². The molecule has 0 aliphatic carbocycles. The largest absolute Gasteiger partial charge is 0.340 e. The van der Waals surface area contributed by atoms with Gasteiger partial charge in [-0.15, -0.1) is 0 Å². The van der Waals surface area contributed by atoms with Crippen LogP contribution in [-0.4, -0.2) is 35.8 Å². The second-order valence-electron chi connectivity index (χ2n) is 7.71. The smallest absolute Gasteiger partial charge is 0.253 e. The number of nitrogens with zero attached hydrogens (tertiary/aromatic N) is 6. The molecule has 0 saturated carbocycles. The first kappa shape index (κ1) is 19.7. The molecule has 4 heterocycles. The molecule has 30 heavy (non-hydrogen) atoms. The van der Waals surface area contributed by atoms with Crippen molar-refractivity contribution >= 4 is 16.9 Å². The van der Waals surface area contributed by atoms with Crippen molar-refractivity contribution in [2.45, 2.75) is 39.8 Å². The van der Waals surface area contributed by atoms with Crippen LogP contribution in [0.1, 0.15) is 56.0 Å². The van der Waals surface area contributed by atoms with E-state index in [-0.39, 0.29) is 17.9 Å². The van der Waals surface area contributed by atoms with E-state index in [2.05, 4.69) is 30.5 Å². The quantitative estimate of drug-likeness (QED) is 0.522. The van der Waals surface area contributed by atoms with Crippen LogP contribution in [0.4, 0.5) is 0 Å². The summed E-state index contributed by atoms with van der Waals surface area (Å²) in [5, 5.41) is 12.2. The predicted octanol–water partition coefficient (Wildman–Crippen LogP) is 3.58. The Hall–Kier alpha value is -3.62. The third-order valence-corrected chi connectivity index (χ3v) is 4.77. The number of fused-ring (bicyclic) bond motifs is 1. The topological polar surface area (TPSA) is 112 Å². The van der Waals surface area contributed by atoms with Crippen molar-refractivity contribution < 1.29 is 9.32 Å². The van der Waals surface area contributed by atoms with Gasteiger partial charge in [-0.05, 0) is 38.0 Å². The van der Waals surface area contributed by atoms with Gasteiger partial charge in [0.05, 0.1) is 11.8 Å². The van der Waals surface area contributed by atoms with E-state index in [9.17, 15) is 4.79 Å². The molecule has 154 valence electrons. The summed E-state index contributed by atoms with van der Waals surface area (Å²) in [6.45, 7) is 8.03. The summed E-state index contributed by atoms with van der Waals surface area (Å²) in [4.78, 5) is 25.9. The van der Waals surface area contributed by atoms with Gasteiger partial charge in [0, 0.05) is 35.6 Å². The zero-order chi connectivity index (χ0) is 21.3. The molecule has 4 aromatic heterocycles. The highest BCUT2D eigenvalue weighted by atomic mass is 16.5. The van der Waals surface area contributed by atoms with E-state index in [1.165, 1.54) is 0 Å². The Bertz CT molecular complexity index is 1160. The van der Waals surface area contributed by atoms with Crippen molar-refractivity contribution in [1.29, 1.82) is 0 Å². The Morgan fingerprint density at radius 2 is 2.00 bits per heavy atom. The van der Waals surface area contributed by atoms with Crippen LogP contribution < -0.4 is 5.32 Å². The minimum Gasteiger partial charge on any atom is -0.340 e. The Morgan fingerprint density at radius 3 is 2.70 bits per heavy atom. The Labute approximate surface area is 173 Å². The third-order valence-electron chi connectivity index (χ3n) is 4.77. The monoisotopic (exact) mass is 405 g/mol. The maximum atomic E-state index is 12.9. The molecule has 1 amide bonds. The molecule has 0 aliphatic rings. The fourth-order valence-corrected chi connectivity index (χ4v) is 3.15. The summed E-state index contributed by atoms with van der Waals surface area (Å²) >= 11 is 0. The molecule has 0 unspecified atom stereocenters. The molecule has 1 N–H and O–H groups in total. The van der Waals surface area contributed by atoms with Crippen LogP contribution in [0.5, 0.6) is 0 Å². The number of rotatable bonds is 6. The molecular weight excluding hydrogens is 382 g/mol. The summed E-state index contributed by atoms with van der Waals surface area (Å²) in [6.07, 6.45) is 6.62. The van der Waals surface area contributed by atoms with E-state index in [0.717, 1.165) is 16.6 Å². The van der Waals surface area contributed by atoms with E-state index in [4.69, 9.17) is 4.52 Å². The second-order valence-corrected chi connectivity index (χ2v) is 7.71. The van der Waals surface area contributed by atoms with Gasteiger partial charge in [0.2, 0.25) is 11.7 Å². The van der Waals surface area contributed by atoms with Crippen LogP contribution >= 0.6 is 0 Å². The van der Waals surface area contributed by atoms with E-state index in [1.807, 2.05) is 38.4 Å². The third kappa shape index (κ3) is 3.78. The van der Waals surface area contributed by atoms with Crippen molar-refractivity contribution in [2.24, 2.45) is 5.92 Å². The van der Waals surface area contributed by atoms with Crippen molar-refractivity contribution in [3.8, 4) is 11.4 Å². The molecule has 0 spiro atoms. The van der Waals surface area contributed by atoms with Gasteiger partial charge in [-0.2, -0.15) is 10.1 Å². The highest BCUT2D eigenvalue weighted by Gasteiger charge is 2.26. The van der Waals surface area contributed by atoms with Gasteiger partial charge in [0.25, 0.3) is 5.91 Å². The van der Waals surface area contributed by atoms with Crippen LogP contribution in [0.2, 0.25) is 0 Å². The number of nitrogens with one attached hydrogen (secondary N) is 1. The van der Waals surface area contributed by atoms with E-state index < -0.39 is 6.04 Å². The fourth-order valence-electron chi connectivity index (χ4n) is 3.15. The minimum absolute atomic E-state index is 0.0385. The molecule has 0 fully saturated rings. The Balaban J connectivity index is 1.57. The molecule has 9 nitrogen and oxygen atoms in total. The van der Waals surface area contributed by atoms with Gasteiger partial charge < -0.3 is 9.84 Å². The summed E-state index contributed by atoms with van der Waals surface area (Å²) in [6, 6.07) is 5.19. The van der Waals surface area contributed by atoms with Gasteiger partial charge in [0.1, 0.15) is 6.04 Å². The highest BCUT2D eigenvalue weighted by molar-refractivity contribution is 5.97. The average molecular weight is 405 g/mol. The average Bonchev–Trinajstić information content (AvgIpc) is 3.39. The molecule has 4 aromatic rings. The standard InChI is InChI=1S/C21H23N7O2/c1-12(2)17(21-26-18(27-30-21)14-6-5-7-22-9-14)25-20(29)16-8-15-11-24-28(13(3)4)19(15)23-10-16/h5-13,17H,1-4H3,(H,25,29)/t17-/m1/s1. The molecule has 9 heteroatoms. The van der Waals surface area contributed by atoms with Crippen molar-refractivity contribution in [1.82, 2.24) is 35.2 Å². The van der Waals surface area contributed by atoms with Crippen LogP contribution in [0.25, 0.3) is 22.4 Å². The summed E-state index contributed by atoms with van der Waals surface area (Å²) in [7, 11) is 0. The lowest BCUT2D eigenvalue weighted by Crippen LogP contribution is -2.32. The number of carbonyl (C=O) groups is 1. The van der Waals surface area contributed by atoms with Gasteiger partial charge in [-0.3, -0.25) is 9.78 Å². The maximum absolute atomic E-state index is 12.9. The van der Waals surface area contributed by atoms with Crippen LogP contribution in [-0.2, 0) is 0 Å². The van der Waals surface area contributed by atoms with E-state index in [1.54, 1.807) is 36.9 Å². The normalized spacial score (nSPS) is 12.6. The first-order chi connectivity index (χ1) is 14.4. The first-order valence-electron chi connectivity index (χ1n) is 9.82. The molecule has 0 bridgehead atoms. The molecule has 1 atom stereocenters. The lowest BCUT2D eigenvalue weighted by atomic mass is 10.0. The van der Waals surface area contributed by atoms with Gasteiger partial charge in [-0.25, -0.2) is 9.67 Å². The SMILES string of the molecule is CC(C)[C@@H](NC(=O)c1cnc2c(cnn2C(C)C)c1)c1nc(-c2cccnc2)no1. The summed E-state index contributed by atoms with van der Waals surface area (Å²) < 4.78 is 7.27. The Morgan fingerprint density at radius 1 is 1.17 bits per heavy atom. The zero-order valence-corrected chi connectivity index (χ0v) is 17.3. The molecule has 4 rings (SSSR count). The highest BCUT2D eigenvalue weighted by Crippen LogP contribution is 2.24. The number of pyridine rings is 2. The second kappa shape index (κ2) is 8.02. The Kier molecular flexibility index (Phi) is 5.26. The predicted molar refractivity (Wildman–Crippen MR) is 110 cm³/mol. The summed E-state index contributed by atoms with van der Waals surface area (Å²) in [5.74, 6) is 0.555. The lowest BCUT2D eigenvalue weighted by molar-refractivity contribution is 0.0913. The lowest BCUT2D eigenvalue weighted by Gasteiger charge is -2.18. The number of carbonyl (C=O) groups excluding carboxylic acids is 1.